The number of alkyl halides is 3. The Labute approximate surface area is 147 Å². The largest absolute Gasteiger partial charge is 0.573 e. The van der Waals surface area contributed by atoms with E-state index in [9.17, 15) is 18.0 Å². The zero-order valence-corrected chi connectivity index (χ0v) is 14.0. The van der Waals surface area contributed by atoms with Crippen LogP contribution in [-0.2, 0) is 4.79 Å². The Morgan fingerprint density at radius 1 is 1.36 bits per heavy atom. The van der Waals surface area contributed by atoms with Gasteiger partial charge in [0.2, 0.25) is 0 Å². The lowest BCUT2D eigenvalue weighted by atomic mass is 9.89. The molecule has 1 spiro atoms. The van der Waals surface area contributed by atoms with Crippen LogP contribution in [0, 0.1) is 0 Å². The molecule has 0 bridgehead atoms. The molecule has 3 rings (SSSR count). The van der Waals surface area contributed by atoms with E-state index in [0.717, 1.165) is 0 Å². The van der Waals surface area contributed by atoms with E-state index in [1.54, 1.807) is 11.5 Å². The maximum absolute atomic E-state index is 12.4. The molecule has 0 aromatic heterocycles. The summed E-state index contributed by atoms with van der Waals surface area (Å²) in [4.78, 5) is 17.0. The number of nitrogens with one attached hydrogen (secondary N) is 1. The monoisotopic (exact) mass is 371 g/mol. The summed E-state index contributed by atoms with van der Waals surface area (Å²) < 4.78 is 43.1. The number of ether oxygens (including phenoxy) is 1. The van der Waals surface area contributed by atoms with Crippen molar-refractivity contribution in [1.29, 1.82) is 0 Å². The lowest BCUT2D eigenvalue weighted by molar-refractivity contribution is -0.274. The van der Waals surface area contributed by atoms with E-state index in [1.165, 1.54) is 30.1 Å². The van der Waals surface area contributed by atoms with Crippen LogP contribution in [0.3, 0.4) is 0 Å². The molecule has 0 saturated carbocycles. The van der Waals surface area contributed by atoms with Gasteiger partial charge in [0.1, 0.15) is 17.1 Å². The average molecular weight is 371 g/mol. The lowest BCUT2D eigenvalue weighted by Crippen LogP contribution is -2.47. The van der Waals surface area contributed by atoms with E-state index in [-0.39, 0.29) is 17.5 Å². The van der Waals surface area contributed by atoms with Gasteiger partial charge in [0.15, 0.2) is 0 Å². The third-order valence-electron chi connectivity index (χ3n) is 4.09. The quantitative estimate of drug-likeness (QED) is 0.827. The highest BCUT2D eigenvalue weighted by Gasteiger charge is 2.46. The predicted molar refractivity (Wildman–Crippen MR) is 89.1 cm³/mol. The first-order chi connectivity index (χ1) is 11.8. The summed E-state index contributed by atoms with van der Waals surface area (Å²) in [6.45, 7) is 5.02. The van der Waals surface area contributed by atoms with E-state index >= 15 is 0 Å². The number of carbonyl (C=O) groups is 1. The first-order valence-corrected chi connectivity index (χ1v) is 8.45. The zero-order valence-electron chi connectivity index (χ0n) is 13.2. The minimum atomic E-state index is -4.77. The van der Waals surface area contributed by atoms with Gasteiger partial charge in [-0.1, -0.05) is 30.7 Å². The second-order valence-electron chi connectivity index (χ2n) is 5.72. The Morgan fingerprint density at radius 3 is 2.72 bits per heavy atom. The highest BCUT2D eigenvalue weighted by atomic mass is 32.2. The van der Waals surface area contributed by atoms with E-state index < -0.39 is 11.9 Å². The summed E-state index contributed by atoms with van der Waals surface area (Å²) >= 11 is 1.49. The van der Waals surface area contributed by atoms with Crippen molar-refractivity contribution in [3.63, 3.8) is 0 Å². The number of halogens is 3. The van der Waals surface area contributed by atoms with Crippen LogP contribution in [0.5, 0.6) is 5.75 Å². The van der Waals surface area contributed by atoms with E-state index in [2.05, 4.69) is 25.9 Å². The normalized spacial score (nSPS) is 20.3. The highest BCUT2D eigenvalue weighted by Crippen LogP contribution is 2.33. The van der Waals surface area contributed by atoms with Crippen LogP contribution in [0.2, 0.25) is 0 Å². The number of aliphatic imine (C=N–C) groups is 1. The minimum absolute atomic E-state index is 0.215. The second kappa shape index (κ2) is 6.72. The molecule has 5 nitrogen and oxygen atoms in total. The van der Waals surface area contributed by atoms with Crippen LogP contribution in [0.15, 0.2) is 41.2 Å². The summed E-state index contributed by atoms with van der Waals surface area (Å²) in [6, 6.07) is 5.44. The van der Waals surface area contributed by atoms with Gasteiger partial charge >= 0.3 is 6.36 Å². The molecule has 1 N–H and O–H groups in total. The Kier molecular flexibility index (Phi) is 4.79. The van der Waals surface area contributed by atoms with Crippen molar-refractivity contribution in [2.24, 2.45) is 4.99 Å². The van der Waals surface area contributed by atoms with Gasteiger partial charge in [-0.3, -0.25) is 9.79 Å². The molecule has 134 valence electrons. The molecule has 1 amide bonds. The Morgan fingerprint density at radius 2 is 2.08 bits per heavy atom. The fourth-order valence-electron chi connectivity index (χ4n) is 2.90. The molecule has 1 aromatic rings. The van der Waals surface area contributed by atoms with Crippen molar-refractivity contribution in [3.8, 4) is 5.75 Å². The number of hydrogen-bond donors (Lipinski definition) is 1. The van der Waals surface area contributed by atoms with Crippen LogP contribution in [-0.4, -0.2) is 41.0 Å². The van der Waals surface area contributed by atoms with Gasteiger partial charge in [-0.15, -0.1) is 13.2 Å². The molecule has 0 radical (unpaired) electrons. The summed E-state index contributed by atoms with van der Waals surface area (Å²) in [5, 5.41) is 4.43. The third-order valence-corrected chi connectivity index (χ3v) is 4.91. The van der Waals surface area contributed by atoms with Crippen molar-refractivity contribution in [2.45, 2.75) is 24.7 Å². The molecule has 1 saturated heterocycles. The topological polar surface area (TPSA) is 53.9 Å². The molecule has 2 aliphatic heterocycles. The van der Waals surface area contributed by atoms with Crippen LogP contribution >= 0.6 is 11.9 Å². The predicted octanol–water partition coefficient (Wildman–Crippen LogP) is 3.09. The molecule has 1 aromatic carbocycles. The molecule has 2 aliphatic rings. The second-order valence-corrected chi connectivity index (χ2v) is 6.78. The fraction of sp³-hybridized carbons (Fsp3) is 0.375. The van der Waals surface area contributed by atoms with Gasteiger partial charge in [-0.2, -0.15) is 0 Å². The SMILES string of the molecule is C=CSN1CCC2(CC1)N=C(c1cccc(OC(F)(F)F)c1)NC2=O. The van der Waals surface area contributed by atoms with Gasteiger partial charge in [-0.25, -0.2) is 4.31 Å². The van der Waals surface area contributed by atoms with Crippen molar-refractivity contribution >= 4 is 23.7 Å². The Balaban J connectivity index is 1.79. The van der Waals surface area contributed by atoms with Gasteiger partial charge in [0.05, 0.1) is 0 Å². The molecule has 0 aliphatic carbocycles. The number of amidine groups is 1. The third kappa shape index (κ3) is 3.98. The standard InChI is InChI=1S/C16H16F3N3O2S/c1-2-25-22-8-6-15(7-9-22)14(23)20-13(21-15)11-4-3-5-12(10-11)24-16(17,18)19/h2-5,10H,1,6-9H2,(H,20,21,23). The van der Waals surface area contributed by atoms with E-state index in [0.29, 0.717) is 31.5 Å². The number of rotatable bonds is 4. The summed E-state index contributed by atoms with van der Waals surface area (Å²) in [7, 11) is 0. The van der Waals surface area contributed by atoms with Gasteiger partial charge < -0.3 is 10.1 Å². The summed E-state index contributed by atoms with van der Waals surface area (Å²) in [5.74, 6) is -0.282. The van der Waals surface area contributed by atoms with Crippen LogP contribution in [0.25, 0.3) is 0 Å². The number of benzene rings is 1. The zero-order chi connectivity index (χ0) is 18.1. The number of hydrogen-bond acceptors (Lipinski definition) is 5. The van der Waals surface area contributed by atoms with Crippen molar-refractivity contribution in [3.05, 3.63) is 41.8 Å². The molecule has 9 heteroatoms. The number of amides is 1. The highest BCUT2D eigenvalue weighted by molar-refractivity contribution is 7.99. The number of nitrogens with zero attached hydrogens (tertiary/aromatic N) is 2. The lowest BCUT2D eigenvalue weighted by Gasteiger charge is -2.33. The maximum Gasteiger partial charge on any atom is 0.573 e. The molecule has 0 unspecified atom stereocenters. The molecular formula is C16H16F3N3O2S. The molecule has 2 heterocycles. The average Bonchev–Trinajstić information content (AvgIpc) is 2.86. The maximum atomic E-state index is 12.4. The smallest absolute Gasteiger partial charge is 0.406 e. The van der Waals surface area contributed by atoms with E-state index in [1.807, 2.05) is 0 Å². The Bertz CT molecular complexity index is 713. The van der Waals surface area contributed by atoms with Crippen molar-refractivity contribution in [1.82, 2.24) is 9.62 Å². The molecule has 0 atom stereocenters. The molecule has 1 fully saturated rings. The summed E-state index contributed by atoms with van der Waals surface area (Å²) in [6.07, 6.45) is -3.68. The van der Waals surface area contributed by atoms with Crippen molar-refractivity contribution < 1.29 is 22.7 Å². The Hall–Kier alpha value is -2.00. The molecular weight excluding hydrogens is 355 g/mol. The van der Waals surface area contributed by atoms with Crippen LogP contribution in [0.1, 0.15) is 18.4 Å². The fourth-order valence-corrected chi connectivity index (χ4v) is 3.50. The first kappa shape index (κ1) is 17.8. The van der Waals surface area contributed by atoms with Gasteiger partial charge in [0.25, 0.3) is 5.91 Å². The van der Waals surface area contributed by atoms with Crippen molar-refractivity contribution in [2.75, 3.05) is 13.1 Å². The van der Waals surface area contributed by atoms with Crippen LogP contribution in [0.4, 0.5) is 13.2 Å². The van der Waals surface area contributed by atoms with E-state index in [4.69, 9.17) is 0 Å². The number of carbonyl (C=O) groups excluding carboxylic acids is 1. The number of piperidine rings is 1. The van der Waals surface area contributed by atoms with Gasteiger partial charge in [0, 0.05) is 18.7 Å². The first-order valence-electron chi connectivity index (χ1n) is 7.61. The minimum Gasteiger partial charge on any atom is -0.406 e. The van der Waals surface area contributed by atoms with Gasteiger partial charge in [-0.05, 0) is 30.4 Å². The van der Waals surface area contributed by atoms with Crippen LogP contribution < -0.4 is 10.1 Å². The summed E-state index contributed by atoms with van der Waals surface area (Å²) in [5.41, 5.74) is -0.469. The molecule has 25 heavy (non-hydrogen) atoms.